The Morgan fingerprint density at radius 2 is 1.95 bits per heavy atom. The minimum absolute atomic E-state index is 0.0452. The Balaban J connectivity index is 2.62. The molecule has 1 unspecified atom stereocenters. The fourth-order valence-corrected chi connectivity index (χ4v) is 2.26. The maximum absolute atomic E-state index is 12.1. The molecule has 6 heteroatoms. The van der Waals surface area contributed by atoms with Crippen LogP contribution in [-0.2, 0) is 14.4 Å². The number of piperidine rings is 1. The highest BCUT2D eigenvalue weighted by Gasteiger charge is 2.31. The van der Waals surface area contributed by atoms with Crippen LogP contribution >= 0.6 is 0 Å². The van der Waals surface area contributed by atoms with Crippen molar-refractivity contribution in [2.24, 2.45) is 11.8 Å². The van der Waals surface area contributed by atoms with E-state index in [0.717, 1.165) is 6.42 Å². The van der Waals surface area contributed by atoms with Crippen LogP contribution in [0.3, 0.4) is 0 Å². The minimum Gasteiger partial charge on any atom is -0.480 e. The SMILES string of the molecule is CC(=O)N1CCCC(C(=O)N[C@H](C(=O)O)C(C)C)C1. The zero-order valence-electron chi connectivity index (χ0n) is 11.7. The van der Waals surface area contributed by atoms with Gasteiger partial charge in [-0.2, -0.15) is 0 Å². The molecular formula is C13H22N2O4. The second-order valence-electron chi connectivity index (χ2n) is 5.37. The van der Waals surface area contributed by atoms with E-state index in [4.69, 9.17) is 5.11 Å². The molecule has 2 atom stereocenters. The molecule has 2 amide bonds. The number of hydrogen-bond acceptors (Lipinski definition) is 3. The summed E-state index contributed by atoms with van der Waals surface area (Å²) in [7, 11) is 0. The molecule has 6 nitrogen and oxygen atoms in total. The zero-order chi connectivity index (χ0) is 14.6. The van der Waals surface area contributed by atoms with Gasteiger partial charge >= 0.3 is 5.97 Å². The summed E-state index contributed by atoms with van der Waals surface area (Å²) < 4.78 is 0. The van der Waals surface area contributed by atoms with E-state index in [-0.39, 0.29) is 23.7 Å². The average Bonchev–Trinajstić information content (AvgIpc) is 2.34. The van der Waals surface area contributed by atoms with Crippen molar-refractivity contribution in [3.63, 3.8) is 0 Å². The molecule has 0 aromatic rings. The lowest BCUT2D eigenvalue weighted by atomic mass is 9.95. The monoisotopic (exact) mass is 270 g/mol. The molecular weight excluding hydrogens is 248 g/mol. The van der Waals surface area contributed by atoms with Crippen LogP contribution in [0.2, 0.25) is 0 Å². The van der Waals surface area contributed by atoms with Crippen molar-refractivity contribution in [2.45, 2.75) is 39.7 Å². The van der Waals surface area contributed by atoms with E-state index in [0.29, 0.717) is 19.5 Å². The van der Waals surface area contributed by atoms with Crippen LogP contribution in [0.1, 0.15) is 33.6 Å². The Bertz CT molecular complexity index is 368. The van der Waals surface area contributed by atoms with Crippen molar-refractivity contribution in [3.05, 3.63) is 0 Å². The third kappa shape index (κ3) is 4.22. The number of likely N-dealkylation sites (tertiary alicyclic amines) is 1. The molecule has 1 saturated heterocycles. The molecule has 0 radical (unpaired) electrons. The first kappa shape index (κ1) is 15.5. The maximum atomic E-state index is 12.1. The molecule has 0 bridgehead atoms. The van der Waals surface area contributed by atoms with Crippen molar-refractivity contribution in [1.82, 2.24) is 10.2 Å². The fraction of sp³-hybridized carbons (Fsp3) is 0.769. The summed E-state index contributed by atoms with van der Waals surface area (Å²) in [5.41, 5.74) is 0. The number of aliphatic carboxylic acids is 1. The number of carboxylic acid groups (broad SMARTS) is 1. The highest BCUT2D eigenvalue weighted by Crippen LogP contribution is 2.17. The van der Waals surface area contributed by atoms with E-state index in [9.17, 15) is 14.4 Å². The number of carbonyl (C=O) groups excluding carboxylic acids is 2. The minimum atomic E-state index is -1.03. The molecule has 0 aromatic carbocycles. The molecule has 108 valence electrons. The van der Waals surface area contributed by atoms with Crippen LogP contribution in [0.4, 0.5) is 0 Å². The van der Waals surface area contributed by atoms with Gasteiger partial charge < -0.3 is 15.3 Å². The number of nitrogens with zero attached hydrogens (tertiary/aromatic N) is 1. The molecule has 1 aliphatic rings. The number of carbonyl (C=O) groups is 3. The zero-order valence-corrected chi connectivity index (χ0v) is 11.7. The van der Waals surface area contributed by atoms with Gasteiger partial charge in [-0.3, -0.25) is 9.59 Å². The van der Waals surface area contributed by atoms with Crippen LogP contribution in [0.15, 0.2) is 0 Å². The number of hydrogen-bond donors (Lipinski definition) is 2. The third-order valence-electron chi connectivity index (χ3n) is 3.47. The average molecular weight is 270 g/mol. The second-order valence-corrected chi connectivity index (χ2v) is 5.37. The molecule has 1 aliphatic heterocycles. The van der Waals surface area contributed by atoms with Crippen LogP contribution in [-0.4, -0.2) is 46.9 Å². The quantitative estimate of drug-likeness (QED) is 0.777. The molecule has 0 aliphatic carbocycles. The molecule has 0 aromatic heterocycles. The molecule has 1 rings (SSSR count). The molecule has 2 N–H and O–H groups in total. The van der Waals surface area contributed by atoms with Crippen LogP contribution in [0.5, 0.6) is 0 Å². The Morgan fingerprint density at radius 3 is 2.42 bits per heavy atom. The molecule has 1 heterocycles. The van der Waals surface area contributed by atoms with Crippen LogP contribution < -0.4 is 5.32 Å². The lowest BCUT2D eigenvalue weighted by Gasteiger charge is -2.32. The van der Waals surface area contributed by atoms with E-state index in [1.54, 1.807) is 18.7 Å². The first-order valence-corrected chi connectivity index (χ1v) is 6.61. The van der Waals surface area contributed by atoms with Gasteiger partial charge in [0.25, 0.3) is 0 Å². The predicted molar refractivity (Wildman–Crippen MR) is 69.4 cm³/mol. The summed E-state index contributed by atoms with van der Waals surface area (Å²) in [6.07, 6.45) is 1.47. The van der Waals surface area contributed by atoms with Gasteiger partial charge in [0, 0.05) is 20.0 Å². The summed E-state index contributed by atoms with van der Waals surface area (Å²) in [5.74, 6) is -1.82. The Hall–Kier alpha value is -1.59. The first-order chi connectivity index (χ1) is 8.82. The summed E-state index contributed by atoms with van der Waals surface area (Å²) in [6, 6.07) is -0.875. The van der Waals surface area contributed by atoms with E-state index in [1.165, 1.54) is 6.92 Å². The number of amides is 2. The normalized spacial score (nSPS) is 21.1. The van der Waals surface area contributed by atoms with Gasteiger partial charge in [0.15, 0.2) is 0 Å². The number of carboxylic acids is 1. The van der Waals surface area contributed by atoms with E-state index in [1.807, 2.05) is 0 Å². The van der Waals surface area contributed by atoms with Gasteiger partial charge in [0.05, 0.1) is 5.92 Å². The van der Waals surface area contributed by atoms with Crippen molar-refractivity contribution in [1.29, 1.82) is 0 Å². The molecule has 0 spiro atoms. The van der Waals surface area contributed by atoms with Gasteiger partial charge in [-0.15, -0.1) is 0 Å². The standard InChI is InChI=1S/C13H22N2O4/c1-8(2)11(13(18)19)14-12(17)10-5-4-6-15(7-10)9(3)16/h8,10-11H,4-7H2,1-3H3,(H,14,17)(H,18,19)/t10?,11-/m0/s1. The van der Waals surface area contributed by atoms with Crippen LogP contribution in [0, 0.1) is 11.8 Å². The summed E-state index contributed by atoms with van der Waals surface area (Å²) >= 11 is 0. The van der Waals surface area contributed by atoms with Gasteiger partial charge in [-0.1, -0.05) is 13.8 Å². The number of nitrogens with one attached hydrogen (secondary N) is 1. The lowest BCUT2D eigenvalue weighted by molar-refractivity contribution is -0.144. The van der Waals surface area contributed by atoms with Gasteiger partial charge in [-0.25, -0.2) is 4.79 Å². The second kappa shape index (κ2) is 6.54. The largest absolute Gasteiger partial charge is 0.480 e. The summed E-state index contributed by atoms with van der Waals surface area (Å²) in [5, 5.41) is 11.6. The number of rotatable bonds is 4. The van der Waals surface area contributed by atoms with Gasteiger partial charge in [0.1, 0.15) is 6.04 Å². The van der Waals surface area contributed by atoms with E-state index < -0.39 is 12.0 Å². The maximum Gasteiger partial charge on any atom is 0.326 e. The Morgan fingerprint density at radius 1 is 1.32 bits per heavy atom. The highest BCUT2D eigenvalue weighted by atomic mass is 16.4. The summed E-state index contributed by atoms with van der Waals surface area (Å²) in [6.45, 7) is 6.04. The lowest BCUT2D eigenvalue weighted by Crippen LogP contribution is -2.50. The smallest absolute Gasteiger partial charge is 0.326 e. The van der Waals surface area contributed by atoms with E-state index in [2.05, 4.69) is 5.32 Å². The first-order valence-electron chi connectivity index (χ1n) is 6.61. The van der Waals surface area contributed by atoms with Gasteiger partial charge in [0.2, 0.25) is 11.8 Å². The fourth-order valence-electron chi connectivity index (χ4n) is 2.26. The topological polar surface area (TPSA) is 86.7 Å². The molecule has 19 heavy (non-hydrogen) atoms. The van der Waals surface area contributed by atoms with Crippen molar-refractivity contribution >= 4 is 17.8 Å². The van der Waals surface area contributed by atoms with Crippen molar-refractivity contribution in [2.75, 3.05) is 13.1 Å². The predicted octanol–water partition coefficient (Wildman–Crippen LogP) is 0.470. The van der Waals surface area contributed by atoms with Crippen molar-refractivity contribution < 1.29 is 19.5 Å². The molecule has 0 saturated carbocycles. The summed E-state index contributed by atoms with van der Waals surface area (Å²) in [4.78, 5) is 36.1. The van der Waals surface area contributed by atoms with Gasteiger partial charge in [-0.05, 0) is 18.8 Å². The van der Waals surface area contributed by atoms with E-state index >= 15 is 0 Å². The Kier molecular flexibility index (Phi) is 5.32. The molecule has 1 fully saturated rings. The van der Waals surface area contributed by atoms with Crippen LogP contribution in [0.25, 0.3) is 0 Å². The Labute approximate surface area is 113 Å². The highest BCUT2D eigenvalue weighted by molar-refractivity contribution is 5.85. The van der Waals surface area contributed by atoms with Crippen molar-refractivity contribution in [3.8, 4) is 0 Å². The third-order valence-corrected chi connectivity index (χ3v) is 3.47.